The van der Waals surface area contributed by atoms with Crippen LogP contribution in [0.2, 0.25) is 0 Å². The average molecular weight is 429 g/mol. The molecule has 4 aromatic heterocycles. The molecule has 1 aliphatic rings. The minimum atomic E-state index is -0.198. The van der Waals surface area contributed by atoms with Gasteiger partial charge in [0.15, 0.2) is 0 Å². The quantitative estimate of drug-likeness (QED) is 0.533. The van der Waals surface area contributed by atoms with Gasteiger partial charge in [-0.1, -0.05) is 5.21 Å². The summed E-state index contributed by atoms with van der Waals surface area (Å²) in [5.41, 5.74) is 2.98. The number of nitrogens with one attached hydrogen (secondary N) is 1. The van der Waals surface area contributed by atoms with Gasteiger partial charge in [0.25, 0.3) is 5.91 Å². The fraction of sp³-hybridized carbons (Fsp3) is 0.304. The lowest BCUT2D eigenvalue weighted by molar-refractivity contribution is 0.102. The predicted octanol–water partition coefficient (Wildman–Crippen LogP) is 2.88. The summed E-state index contributed by atoms with van der Waals surface area (Å²) in [5.74, 6) is 0.679. The molecular weight excluding hydrogens is 404 g/mol. The first-order valence-electron chi connectivity index (χ1n) is 10.6. The minimum Gasteiger partial charge on any atom is -0.307 e. The Bertz CT molecular complexity index is 1280. The second-order valence-electron chi connectivity index (χ2n) is 8.26. The van der Waals surface area contributed by atoms with Crippen LogP contribution in [0.5, 0.6) is 0 Å². The molecule has 0 atom stereocenters. The molecule has 1 amide bonds. The summed E-state index contributed by atoms with van der Waals surface area (Å²) in [6.07, 6.45) is 9.09. The van der Waals surface area contributed by atoms with E-state index in [1.807, 2.05) is 31.4 Å². The smallest absolute Gasteiger partial charge is 0.256 e. The summed E-state index contributed by atoms with van der Waals surface area (Å²) < 4.78 is 1.63. The van der Waals surface area contributed by atoms with Crippen LogP contribution < -0.4 is 5.32 Å². The fourth-order valence-corrected chi connectivity index (χ4v) is 4.02. The molecule has 1 N–H and O–H groups in total. The second kappa shape index (κ2) is 8.43. The molecular formula is C23H24N8O. The third-order valence-corrected chi connectivity index (χ3v) is 5.89. The first-order valence-corrected chi connectivity index (χ1v) is 10.6. The van der Waals surface area contributed by atoms with Crippen LogP contribution >= 0.6 is 0 Å². The Morgan fingerprint density at radius 1 is 1.00 bits per heavy atom. The van der Waals surface area contributed by atoms with E-state index in [9.17, 15) is 4.79 Å². The van der Waals surface area contributed by atoms with Crippen molar-refractivity contribution < 1.29 is 4.79 Å². The van der Waals surface area contributed by atoms with Crippen molar-refractivity contribution in [2.24, 2.45) is 7.05 Å². The molecule has 1 fully saturated rings. The average Bonchev–Trinajstić information content (AvgIpc) is 3.25. The van der Waals surface area contributed by atoms with Crippen LogP contribution in [0, 0.1) is 0 Å². The number of amides is 1. The van der Waals surface area contributed by atoms with E-state index in [4.69, 9.17) is 0 Å². The number of anilines is 1. The van der Waals surface area contributed by atoms with Crippen molar-refractivity contribution in [3.63, 3.8) is 0 Å². The van der Waals surface area contributed by atoms with Gasteiger partial charge in [0.2, 0.25) is 0 Å². The Balaban J connectivity index is 1.36. The van der Waals surface area contributed by atoms with E-state index >= 15 is 0 Å². The topological polar surface area (TPSA) is 102 Å². The number of rotatable bonds is 4. The first-order chi connectivity index (χ1) is 15.5. The molecule has 4 aromatic rings. The highest BCUT2D eigenvalue weighted by Crippen LogP contribution is 2.27. The molecule has 0 radical (unpaired) electrons. The van der Waals surface area contributed by atoms with E-state index in [1.165, 1.54) is 0 Å². The minimum absolute atomic E-state index is 0.198. The number of hydrogen-bond donors (Lipinski definition) is 1. The predicted molar refractivity (Wildman–Crippen MR) is 121 cm³/mol. The van der Waals surface area contributed by atoms with Gasteiger partial charge in [-0.25, -0.2) is 4.98 Å². The standard InChI is InChI=1S/C23H24N8O/c1-30-7-4-15(5-8-30)19-9-16(3-6-24-19)23(32)27-22-11-17-10-20(21-14-31(2)29-28-21)25-12-18(17)13-26-22/h3,6,9-15H,4-5,7-8H2,1-2H3,(H,26,27,32). The molecule has 162 valence electrons. The summed E-state index contributed by atoms with van der Waals surface area (Å²) in [6.45, 7) is 2.10. The fourth-order valence-electron chi connectivity index (χ4n) is 4.02. The molecule has 9 nitrogen and oxygen atoms in total. The largest absolute Gasteiger partial charge is 0.307 e. The van der Waals surface area contributed by atoms with Gasteiger partial charge >= 0.3 is 0 Å². The number of hydrogen-bond acceptors (Lipinski definition) is 7. The van der Waals surface area contributed by atoms with Crippen molar-refractivity contribution in [1.82, 2.24) is 34.8 Å². The Kier molecular flexibility index (Phi) is 5.32. The van der Waals surface area contributed by atoms with Crippen molar-refractivity contribution in [3.8, 4) is 11.4 Å². The monoisotopic (exact) mass is 428 g/mol. The van der Waals surface area contributed by atoms with Crippen LogP contribution in [0.3, 0.4) is 0 Å². The van der Waals surface area contributed by atoms with Crippen molar-refractivity contribution in [1.29, 1.82) is 0 Å². The highest BCUT2D eigenvalue weighted by Gasteiger charge is 2.20. The van der Waals surface area contributed by atoms with Gasteiger partial charge < -0.3 is 10.2 Å². The van der Waals surface area contributed by atoms with E-state index in [1.54, 1.807) is 29.3 Å². The van der Waals surface area contributed by atoms with Crippen molar-refractivity contribution in [2.45, 2.75) is 18.8 Å². The van der Waals surface area contributed by atoms with Gasteiger partial charge in [-0.15, -0.1) is 5.10 Å². The molecule has 0 spiro atoms. The lowest BCUT2D eigenvalue weighted by atomic mass is 9.92. The second-order valence-corrected chi connectivity index (χ2v) is 8.26. The third-order valence-electron chi connectivity index (χ3n) is 5.89. The number of likely N-dealkylation sites (tertiary alicyclic amines) is 1. The molecule has 0 unspecified atom stereocenters. The number of piperidine rings is 1. The maximum atomic E-state index is 12.9. The number of carbonyl (C=O) groups is 1. The van der Waals surface area contributed by atoms with Crippen LogP contribution in [0.25, 0.3) is 22.2 Å². The van der Waals surface area contributed by atoms with Gasteiger partial charge in [-0.2, -0.15) is 0 Å². The number of pyridine rings is 3. The molecule has 0 aliphatic carbocycles. The maximum absolute atomic E-state index is 12.9. The van der Waals surface area contributed by atoms with Crippen LogP contribution in [0.4, 0.5) is 5.82 Å². The Morgan fingerprint density at radius 2 is 1.81 bits per heavy atom. The number of aryl methyl sites for hydroxylation is 1. The van der Waals surface area contributed by atoms with Gasteiger partial charge in [0.1, 0.15) is 11.5 Å². The Morgan fingerprint density at radius 3 is 2.59 bits per heavy atom. The molecule has 5 heterocycles. The normalized spacial score (nSPS) is 15.2. The summed E-state index contributed by atoms with van der Waals surface area (Å²) >= 11 is 0. The first kappa shape index (κ1) is 20.2. The molecule has 1 aliphatic heterocycles. The van der Waals surface area contributed by atoms with E-state index < -0.39 is 0 Å². The molecule has 0 saturated carbocycles. The molecule has 9 heteroatoms. The van der Waals surface area contributed by atoms with E-state index in [0.29, 0.717) is 28.7 Å². The summed E-state index contributed by atoms with van der Waals surface area (Å²) in [7, 11) is 3.95. The lowest BCUT2D eigenvalue weighted by Gasteiger charge is -2.28. The summed E-state index contributed by atoms with van der Waals surface area (Å²) in [5, 5.41) is 12.8. The maximum Gasteiger partial charge on any atom is 0.256 e. The zero-order valence-electron chi connectivity index (χ0n) is 18.1. The van der Waals surface area contributed by atoms with Crippen LogP contribution in [-0.2, 0) is 7.05 Å². The van der Waals surface area contributed by atoms with Crippen molar-refractivity contribution in [2.75, 3.05) is 25.5 Å². The Labute approximate surface area is 185 Å². The summed E-state index contributed by atoms with van der Waals surface area (Å²) in [4.78, 5) is 28.6. The molecule has 5 rings (SSSR count). The van der Waals surface area contributed by atoms with Gasteiger partial charge in [-0.3, -0.25) is 19.4 Å². The zero-order valence-corrected chi connectivity index (χ0v) is 18.1. The molecule has 0 aromatic carbocycles. The lowest BCUT2D eigenvalue weighted by Crippen LogP contribution is -2.29. The highest BCUT2D eigenvalue weighted by molar-refractivity contribution is 6.04. The van der Waals surface area contributed by atoms with Crippen LogP contribution in [-0.4, -0.2) is 60.9 Å². The van der Waals surface area contributed by atoms with Gasteiger partial charge in [0, 0.05) is 48.2 Å². The van der Waals surface area contributed by atoms with Crippen LogP contribution in [0.15, 0.2) is 49.1 Å². The third kappa shape index (κ3) is 4.19. The molecule has 1 saturated heterocycles. The van der Waals surface area contributed by atoms with E-state index in [-0.39, 0.29) is 5.91 Å². The SMILES string of the molecule is CN1CCC(c2cc(C(=O)Nc3cc4cc(-c5cn(C)nn5)ncc4cn3)ccn2)CC1. The van der Waals surface area contributed by atoms with Crippen molar-refractivity contribution >= 4 is 22.5 Å². The van der Waals surface area contributed by atoms with Crippen LogP contribution in [0.1, 0.15) is 34.8 Å². The summed E-state index contributed by atoms with van der Waals surface area (Å²) in [6, 6.07) is 7.41. The van der Waals surface area contributed by atoms with Gasteiger partial charge in [0.05, 0.1) is 11.9 Å². The van der Waals surface area contributed by atoms with E-state index in [0.717, 1.165) is 42.4 Å². The van der Waals surface area contributed by atoms with Gasteiger partial charge in [-0.05, 0) is 62.6 Å². The molecule has 0 bridgehead atoms. The molecule has 32 heavy (non-hydrogen) atoms. The number of nitrogens with zero attached hydrogens (tertiary/aromatic N) is 7. The Hall–Kier alpha value is -3.72. The highest BCUT2D eigenvalue weighted by atomic mass is 16.1. The zero-order chi connectivity index (χ0) is 22.1. The number of aromatic nitrogens is 6. The number of fused-ring (bicyclic) bond motifs is 1. The number of carbonyl (C=O) groups excluding carboxylic acids is 1. The van der Waals surface area contributed by atoms with E-state index in [2.05, 4.69) is 42.5 Å². The van der Waals surface area contributed by atoms with Crippen molar-refractivity contribution in [3.05, 3.63) is 60.3 Å².